The molecule has 0 aliphatic carbocycles. The number of esters is 2. The number of nitro benzene ring substituents is 1. The molecule has 2 saturated heterocycles. The van der Waals surface area contributed by atoms with Crippen molar-refractivity contribution in [2.45, 2.75) is 50.6 Å². The zero-order valence-corrected chi connectivity index (χ0v) is 20.1. The molecule has 0 aromatic heterocycles. The van der Waals surface area contributed by atoms with Crippen molar-refractivity contribution >= 4 is 29.1 Å². The Labute approximate surface area is 206 Å². The first-order chi connectivity index (χ1) is 17.0. The highest BCUT2D eigenvalue weighted by Gasteiger charge is 2.62. The number of rotatable bonds is 6. The summed E-state index contributed by atoms with van der Waals surface area (Å²) >= 11 is 0. The SMILES string of the molecule is COC(=O)C1C(C)=NC(C)=C(C(=O)[C@]2(O)CO[C@@H]3[C@H](OC(C)=O)CO[C@@H]32)C1c1cccc([N+](=O)[O-])c1. The van der Waals surface area contributed by atoms with Crippen LogP contribution < -0.4 is 0 Å². The predicted octanol–water partition coefficient (Wildman–Crippen LogP) is 1.25. The van der Waals surface area contributed by atoms with Gasteiger partial charge >= 0.3 is 11.9 Å². The first kappa shape index (κ1) is 25.6. The second kappa shape index (κ2) is 9.52. The number of benzene rings is 1. The minimum atomic E-state index is -2.17. The molecule has 2 unspecified atom stereocenters. The first-order valence-electron chi connectivity index (χ1n) is 11.2. The third kappa shape index (κ3) is 4.21. The fourth-order valence-electron chi connectivity index (χ4n) is 5.19. The highest BCUT2D eigenvalue weighted by molar-refractivity contribution is 6.11. The van der Waals surface area contributed by atoms with Gasteiger partial charge in [0.2, 0.25) is 0 Å². The minimum Gasteiger partial charge on any atom is -0.468 e. The highest BCUT2D eigenvalue weighted by atomic mass is 16.6. The van der Waals surface area contributed by atoms with Gasteiger partial charge in [-0.15, -0.1) is 0 Å². The molecule has 4 rings (SSSR count). The van der Waals surface area contributed by atoms with Crippen molar-refractivity contribution in [2.75, 3.05) is 20.3 Å². The van der Waals surface area contributed by atoms with Crippen LogP contribution >= 0.6 is 0 Å². The lowest BCUT2D eigenvalue weighted by Gasteiger charge is -2.35. The van der Waals surface area contributed by atoms with Gasteiger partial charge in [-0.3, -0.25) is 29.5 Å². The Kier molecular flexibility index (Phi) is 6.78. The molecular weight excluding hydrogens is 476 g/mol. The van der Waals surface area contributed by atoms with E-state index in [0.29, 0.717) is 11.3 Å². The number of ketones is 1. The van der Waals surface area contributed by atoms with Gasteiger partial charge in [0.1, 0.15) is 18.1 Å². The zero-order valence-electron chi connectivity index (χ0n) is 20.1. The van der Waals surface area contributed by atoms with Crippen LogP contribution in [0.1, 0.15) is 32.3 Å². The molecule has 0 saturated carbocycles. The van der Waals surface area contributed by atoms with Gasteiger partial charge in [0, 0.05) is 42.0 Å². The number of nitrogens with zero attached hydrogens (tertiary/aromatic N) is 2. The van der Waals surface area contributed by atoms with Crippen LogP contribution in [0.2, 0.25) is 0 Å². The molecule has 6 atom stereocenters. The molecule has 3 heterocycles. The number of Topliss-reactive ketones (excluding diaryl/α,β-unsaturated/α-hetero) is 1. The summed E-state index contributed by atoms with van der Waals surface area (Å²) in [5.41, 5.74) is -1.51. The lowest BCUT2D eigenvalue weighted by molar-refractivity contribution is -0.384. The average molecular weight is 502 g/mol. The quantitative estimate of drug-likeness (QED) is 0.340. The topological polar surface area (TPSA) is 164 Å². The van der Waals surface area contributed by atoms with Crippen molar-refractivity contribution < 1.29 is 43.4 Å². The number of non-ortho nitro benzene ring substituents is 1. The van der Waals surface area contributed by atoms with Gasteiger partial charge in [-0.25, -0.2) is 0 Å². The molecule has 2 fully saturated rings. The summed E-state index contributed by atoms with van der Waals surface area (Å²) in [7, 11) is 1.19. The standard InChI is InChI=1S/C24H26N2O10/c1-11-17(21(28)24(30)10-35-20-16(36-13(3)27)9-34-22(20)24)19(18(12(2)25-11)23(29)33-4)14-6-5-7-15(8-14)26(31)32/h5-8,16,18-20,22,30H,9-10H2,1-4H3/t16-,18?,19?,20-,22+,24-/m1/s1. The Hall–Kier alpha value is -3.48. The molecule has 0 bridgehead atoms. The number of allylic oxidation sites excluding steroid dienone is 1. The highest BCUT2D eigenvalue weighted by Crippen LogP contribution is 2.45. The number of methoxy groups -OCH3 is 1. The molecule has 0 amide bonds. The van der Waals surface area contributed by atoms with Gasteiger partial charge in [0.05, 0.1) is 25.2 Å². The number of fused-ring (bicyclic) bond motifs is 1. The van der Waals surface area contributed by atoms with E-state index in [4.69, 9.17) is 18.9 Å². The van der Waals surface area contributed by atoms with Gasteiger partial charge in [0.15, 0.2) is 17.5 Å². The van der Waals surface area contributed by atoms with E-state index in [-0.39, 0.29) is 23.6 Å². The number of nitro groups is 1. The summed E-state index contributed by atoms with van der Waals surface area (Å²) in [4.78, 5) is 53.6. The number of aliphatic hydroxyl groups is 1. The summed E-state index contributed by atoms with van der Waals surface area (Å²) in [6, 6.07) is 5.59. The Morgan fingerprint density at radius 1 is 1.25 bits per heavy atom. The van der Waals surface area contributed by atoms with E-state index >= 15 is 0 Å². The maximum atomic E-state index is 14.0. The number of carbonyl (C=O) groups excluding carboxylic acids is 3. The third-order valence-electron chi connectivity index (χ3n) is 6.75. The number of aliphatic imine (C=N–C) groups is 1. The van der Waals surface area contributed by atoms with Gasteiger partial charge < -0.3 is 24.1 Å². The van der Waals surface area contributed by atoms with Crippen LogP contribution in [-0.4, -0.2) is 77.7 Å². The van der Waals surface area contributed by atoms with E-state index in [1.165, 1.54) is 32.2 Å². The smallest absolute Gasteiger partial charge is 0.315 e. The van der Waals surface area contributed by atoms with E-state index in [0.717, 1.165) is 0 Å². The number of ether oxygens (including phenoxy) is 4. The number of hydrogen-bond donors (Lipinski definition) is 1. The Balaban J connectivity index is 1.80. The van der Waals surface area contributed by atoms with Gasteiger partial charge in [0.25, 0.3) is 5.69 Å². The molecule has 3 aliphatic rings. The first-order valence-corrected chi connectivity index (χ1v) is 11.2. The molecule has 1 aromatic carbocycles. The van der Waals surface area contributed by atoms with Crippen LogP contribution in [0.5, 0.6) is 0 Å². The van der Waals surface area contributed by atoms with Crippen molar-refractivity contribution in [3.63, 3.8) is 0 Å². The second-order valence-corrected chi connectivity index (χ2v) is 9.01. The van der Waals surface area contributed by atoms with Crippen LogP contribution in [-0.2, 0) is 33.3 Å². The van der Waals surface area contributed by atoms with Crippen molar-refractivity contribution in [1.29, 1.82) is 0 Å². The van der Waals surface area contributed by atoms with Crippen LogP contribution in [0.4, 0.5) is 5.69 Å². The summed E-state index contributed by atoms with van der Waals surface area (Å²) in [5.74, 6) is -4.14. The molecule has 36 heavy (non-hydrogen) atoms. The van der Waals surface area contributed by atoms with E-state index in [1.807, 2.05) is 0 Å². The predicted molar refractivity (Wildman–Crippen MR) is 122 cm³/mol. The van der Waals surface area contributed by atoms with Gasteiger partial charge in [-0.05, 0) is 19.4 Å². The van der Waals surface area contributed by atoms with Crippen LogP contribution in [0.3, 0.4) is 0 Å². The van der Waals surface area contributed by atoms with E-state index in [9.17, 15) is 29.6 Å². The van der Waals surface area contributed by atoms with Crippen molar-refractivity contribution in [3.8, 4) is 0 Å². The van der Waals surface area contributed by atoms with E-state index in [1.54, 1.807) is 19.9 Å². The van der Waals surface area contributed by atoms with Crippen molar-refractivity contribution in [1.82, 2.24) is 0 Å². The normalized spacial score (nSPS) is 31.5. The number of carbonyl (C=O) groups is 3. The molecule has 12 nitrogen and oxygen atoms in total. The minimum absolute atomic E-state index is 0.0113. The number of hydrogen-bond acceptors (Lipinski definition) is 11. The Morgan fingerprint density at radius 2 is 1.97 bits per heavy atom. The maximum Gasteiger partial charge on any atom is 0.315 e. The van der Waals surface area contributed by atoms with Gasteiger partial charge in [-0.2, -0.15) is 0 Å². The molecule has 0 radical (unpaired) electrons. The molecule has 3 aliphatic heterocycles. The molecular formula is C24H26N2O10. The monoisotopic (exact) mass is 502 g/mol. The van der Waals surface area contributed by atoms with E-state index in [2.05, 4.69) is 4.99 Å². The van der Waals surface area contributed by atoms with E-state index < -0.39 is 65.0 Å². The lowest BCUT2D eigenvalue weighted by atomic mass is 9.71. The largest absolute Gasteiger partial charge is 0.468 e. The lowest BCUT2D eigenvalue weighted by Crippen LogP contribution is -2.53. The fourth-order valence-corrected chi connectivity index (χ4v) is 5.19. The molecule has 12 heteroatoms. The third-order valence-corrected chi connectivity index (χ3v) is 6.75. The summed E-state index contributed by atoms with van der Waals surface area (Å²) in [5, 5.41) is 23.0. The second-order valence-electron chi connectivity index (χ2n) is 9.01. The molecule has 0 spiro atoms. The Bertz CT molecular complexity index is 1190. The molecule has 1 N–H and O–H groups in total. The maximum absolute atomic E-state index is 14.0. The Morgan fingerprint density at radius 3 is 2.61 bits per heavy atom. The van der Waals surface area contributed by atoms with Gasteiger partial charge in [-0.1, -0.05) is 12.1 Å². The van der Waals surface area contributed by atoms with Crippen LogP contribution in [0, 0.1) is 16.0 Å². The van der Waals surface area contributed by atoms with Crippen molar-refractivity contribution in [3.05, 3.63) is 51.2 Å². The summed E-state index contributed by atoms with van der Waals surface area (Å²) in [6.45, 7) is 3.88. The zero-order chi connectivity index (χ0) is 26.4. The fraction of sp³-hybridized carbons (Fsp3) is 0.500. The molecule has 192 valence electrons. The molecule has 1 aromatic rings. The van der Waals surface area contributed by atoms with Crippen LogP contribution in [0.15, 0.2) is 40.5 Å². The van der Waals surface area contributed by atoms with Crippen molar-refractivity contribution in [2.24, 2.45) is 10.9 Å². The van der Waals surface area contributed by atoms with Crippen LogP contribution in [0.25, 0.3) is 0 Å². The summed E-state index contributed by atoms with van der Waals surface area (Å²) in [6.07, 6.45) is -2.80. The average Bonchev–Trinajstić information content (AvgIpc) is 3.39. The summed E-state index contributed by atoms with van der Waals surface area (Å²) < 4.78 is 21.5.